The largest absolute Gasteiger partial charge is 0.347 e. The van der Waals surface area contributed by atoms with Crippen molar-refractivity contribution in [3.63, 3.8) is 0 Å². The van der Waals surface area contributed by atoms with Crippen LogP contribution >= 0.6 is 11.3 Å². The summed E-state index contributed by atoms with van der Waals surface area (Å²) in [4.78, 5) is 18.6. The summed E-state index contributed by atoms with van der Waals surface area (Å²) in [5.74, 6) is 0.790. The minimum atomic E-state index is 0.0506. The minimum absolute atomic E-state index is 0.0506. The fraction of sp³-hybridized carbons (Fsp3) is 0.500. The molecule has 0 aliphatic heterocycles. The molecule has 21 heavy (non-hydrogen) atoms. The van der Waals surface area contributed by atoms with Crippen LogP contribution in [0.2, 0.25) is 0 Å². The van der Waals surface area contributed by atoms with Crippen LogP contribution in [0.25, 0.3) is 0 Å². The van der Waals surface area contributed by atoms with Gasteiger partial charge in [0.15, 0.2) is 0 Å². The van der Waals surface area contributed by atoms with E-state index in [9.17, 15) is 4.79 Å². The van der Waals surface area contributed by atoms with Gasteiger partial charge in [-0.05, 0) is 43.7 Å². The number of nitrogens with zero attached hydrogens (tertiary/aromatic N) is 2. The maximum absolute atomic E-state index is 12.4. The van der Waals surface area contributed by atoms with Gasteiger partial charge < -0.3 is 9.88 Å². The highest BCUT2D eigenvalue weighted by Gasteiger charge is 2.21. The first-order valence-electron chi connectivity index (χ1n) is 7.50. The Morgan fingerprint density at radius 2 is 2.48 bits per heavy atom. The highest BCUT2D eigenvalue weighted by Crippen LogP contribution is 2.32. The van der Waals surface area contributed by atoms with Gasteiger partial charge in [-0.25, -0.2) is 4.98 Å². The number of fused-ring (bicyclic) bond motifs is 1. The Balaban J connectivity index is 1.63. The molecule has 0 unspecified atom stereocenters. The molecule has 2 aromatic heterocycles. The lowest BCUT2D eigenvalue weighted by atomic mass is 9.90. The van der Waals surface area contributed by atoms with Gasteiger partial charge in [-0.1, -0.05) is 6.92 Å². The van der Waals surface area contributed by atoms with Gasteiger partial charge in [-0.15, -0.1) is 11.3 Å². The van der Waals surface area contributed by atoms with Crippen LogP contribution in [0, 0.1) is 5.92 Å². The highest BCUT2D eigenvalue weighted by atomic mass is 32.1. The third-order valence-electron chi connectivity index (χ3n) is 3.97. The summed E-state index contributed by atoms with van der Waals surface area (Å²) < 4.78 is 1.98. The fourth-order valence-corrected chi connectivity index (χ4v) is 3.98. The number of aromatic nitrogens is 2. The van der Waals surface area contributed by atoms with Crippen molar-refractivity contribution in [1.29, 1.82) is 0 Å². The molecule has 0 bridgehead atoms. The molecule has 0 saturated heterocycles. The zero-order valence-corrected chi connectivity index (χ0v) is 13.3. The second-order valence-electron chi connectivity index (χ2n) is 6.04. The summed E-state index contributed by atoms with van der Waals surface area (Å²) in [6.45, 7) is 5.05. The van der Waals surface area contributed by atoms with E-state index < -0.39 is 0 Å². The Labute approximate surface area is 129 Å². The molecular formula is C16H21N3OS. The fourth-order valence-electron chi connectivity index (χ4n) is 2.87. The molecule has 0 spiro atoms. The molecule has 4 nitrogen and oxygen atoms in total. The second-order valence-corrected chi connectivity index (χ2v) is 7.18. The SMILES string of the molecule is C[C@H]1CCc2sc(C(=O)N[C@H](C)Cn3ccnc3)cc2C1. The maximum Gasteiger partial charge on any atom is 0.261 e. The van der Waals surface area contributed by atoms with Crippen molar-refractivity contribution in [2.45, 2.75) is 45.7 Å². The van der Waals surface area contributed by atoms with Crippen LogP contribution in [0.3, 0.4) is 0 Å². The van der Waals surface area contributed by atoms with Crippen LogP contribution in [-0.4, -0.2) is 21.5 Å². The van der Waals surface area contributed by atoms with E-state index in [4.69, 9.17) is 0 Å². The zero-order valence-electron chi connectivity index (χ0n) is 12.5. The summed E-state index contributed by atoms with van der Waals surface area (Å²) in [5, 5.41) is 3.08. The van der Waals surface area contributed by atoms with Gasteiger partial charge >= 0.3 is 0 Å². The molecule has 2 heterocycles. The van der Waals surface area contributed by atoms with Crippen LogP contribution in [0.1, 0.15) is 40.4 Å². The van der Waals surface area contributed by atoms with E-state index in [0.29, 0.717) is 0 Å². The average molecular weight is 303 g/mol. The van der Waals surface area contributed by atoms with Gasteiger partial charge in [0.05, 0.1) is 11.2 Å². The molecule has 5 heteroatoms. The van der Waals surface area contributed by atoms with Crippen molar-refractivity contribution in [3.8, 4) is 0 Å². The number of carbonyl (C=O) groups is 1. The van der Waals surface area contributed by atoms with E-state index in [1.165, 1.54) is 16.9 Å². The van der Waals surface area contributed by atoms with Crippen LogP contribution in [0.4, 0.5) is 0 Å². The predicted octanol–water partition coefficient (Wildman–Crippen LogP) is 2.89. The van der Waals surface area contributed by atoms with E-state index in [-0.39, 0.29) is 11.9 Å². The number of thiophene rings is 1. The van der Waals surface area contributed by atoms with E-state index in [0.717, 1.165) is 30.2 Å². The Hall–Kier alpha value is -1.62. The number of imidazole rings is 1. The lowest BCUT2D eigenvalue weighted by Gasteiger charge is -2.16. The molecule has 112 valence electrons. The van der Waals surface area contributed by atoms with E-state index in [2.05, 4.69) is 23.3 Å². The molecule has 1 aliphatic rings. The van der Waals surface area contributed by atoms with E-state index >= 15 is 0 Å². The number of carbonyl (C=O) groups excluding carboxylic acids is 1. The van der Waals surface area contributed by atoms with Crippen LogP contribution in [-0.2, 0) is 19.4 Å². The summed E-state index contributed by atoms with van der Waals surface area (Å²) in [5.41, 5.74) is 1.38. The lowest BCUT2D eigenvalue weighted by molar-refractivity contribution is 0.0940. The maximum atomic E-state index is 12.4. The number of amides is 1. The first kappa shape index (κ1) is 14.3. The molecule has 2 atom stereocenters. The van der Waals surface area contributed by atoms with Crippen LogP contribution in [0.15, 0.2) is 24.8 Å². The van der Waals surface area contributed by atoms with E-state index in [1.54, 1.807) is 23.9 Å². The summed E-state index contributed by atoms with van der Waals surface area (Å²) in [6, 6.07) is 2.18. The number of hydrogen-bond donors (Lipinski definition) is 1. The third-order valence-corrected chi connectivity index (χ3v) is 5.21. The minimum Gasteiger partial charge on any atom is -0.347 e. The number of aryl methyl sites for hydroxylation is 1. The third kappa shape index (κ3) is 3.35. The van der Waals surface area contributed by atoms with Gasteiger partial charge in [0, 0.05) is 29.9 Å². The summed E-state index contributed by atoms with van der Waals surface area (Å²) >= 11 is 1.66. The molecule has 0 aromatic carbocycles. The zero-order chi connectivity index (χ0) is 14.8. The van der Waals surface area contributed by atoms with Gasteiger partial charge in [-0.2, -0.15) is 0 Å². The molecule has 1 amide bonds. The highest BCUT2D eigenvalue weighted by molar-refractivity contribution is 7.14. The van der Waals surface area contributed by atoms with Crippen molar-refractivity contribution in [1.82, 2.24) is 14.9 Å². The standard InChI is InChI=1S/C16H21N3OS/c1-11-3-4-14-13(7-11)8-15(21-14)16(20)18-12(2)9-19-6-5-17-10-19/h5-6,8,10-12H,3-4,7,9H2,1-2H3,(H,18,20)/t11-,12+/m0/s1. The normalized spacial score (nSPS) is 19.0. The molecule has 1 aliphatic carbocycles. The van der Waals surface area contributed by atoms with Gasteiger partial charge in [0.1, 0.15) is 0 Å². The Kier molecular flexibility index (Phi) is 4.10. The van der Waals surface area contributed by atoms with Crippen LogP contribution < -0.4 is 5.32 Å². The van der Waals surface area contributed by atoms with Crippen molar-refractivity contribution >= 4 is 17.2 Å². The smallest absolute Gasteiger partial charge is 0.261 e. The Morgan fingerprint density at radius 3 is 3.24 bits per heavy atom. The monoisotopic (exact) mass is 303 g/mol. The first-order valence-corrected chi connectivity index (χ1v) is 8.31. The molecule has 3 rings (SSSR count). The van der Waals surface area contributed by atoms with Crippen molar-refractivity contribution < 1.29 is 4.79 Å². The number of rotatable bonds is 4. The topological polar surface area (TPSA) is 46.9 Å². The van der Waals surface area contributed by atoms with Crippen molar-refractivity contribution in [2.24, 2.45) is 5.92 Å². The molecule has 2 aromatic rings. The van der Waals surface area contributed by atoms with E-state index in [1.807, 2.05) is 17.7 Å². The lowest BCUT2D eigenvalue weighted by Crippen LogP contribution is -2.35. The average Bonchev–Trinajstić information content (AvgIpc) is 3.06. The predicted molar refractivity (Wildman–Crippen MR) is 84.7 cm³/mol. The molecule has 1 N–H and O–H groups in total. The number of hydrogen-bond acceptors (Lipinski definition) is 3. The molecule has 0 fully saturated rings. The van der Waals surface area contributed by atoms with Crippen LogP contribution in [0.5, 0.6) is 0 Å². The quantitative estimate of drug-likeness (QED) is 0.944. The van der Waals surface area contributed by atoms with Gasteiger partial charge in [0.25, 0.3) is 5.91 Å². The summed E-state index contributed by atoms with van der Waals surface area (Å²) in [6.07, 6.45) is 8.92. The van der Waals surface area contributed by atoms with Crippen molar-refractivity contribution in [2.75, 3.05) is 0 Å². The van der Waals surface area contributed by atoms with Gasteiger partial charge in [0.2, 0.25) is 0 Å². The van der Waals surface area contributed by atoms with Crippen molar-refractivity contribution in [3.05, 3.63) is 40.1 Å². The molecular weight excluding hydrogens is 282 g/mol. The number of nitrogens with one attached hydrogen (secondary N) is 1. The molecule has 0 saturated carbocycles. The Bertz CT molecular complexity index is 618. The second kappa shape index (κ2) is 6.02. The van der Waals surface area contributed by atoms with Gasteiger partial charge in [-0.3, -0.25) is 4.79 Å². The Morgan fingerprint density at radius 1 is 1.62 bits per heavy atom. The first-order chi connectivity index (χ1) is 10.1. The summed E-state index contributed by atoms with van der Waals surface area (Å²) in [7, 11) is 0. The molecule has 0 radical (unpaired) electrons.